The third-order valence-electron chi connectivity index (χ3n) is 4.70. The molecule has 0 bridgehead atoms. The van der Waals surface area contributed by atoms with Gasteiger partial charge < -0.3 is 25.0 Å². The molecule has 2 N–H and O–H groups in total. The Bertz CT molecular complexity index is 920. The van der Waals surface area contributed by atoms with E-state index in [1.165, 1.54) is 26.2 Å². The summed E-state index contributed by atoms with van der Waals surface area (Å²) in [5.41, 5.74) is 3.05. The van der Waals surface area contributed by atoms with Crippen LogP contribution in [0.15, 0.2) is 36.4 Å². The van der Waals surface area contributed by atoms with Crippen molar-refractivity contribution in [1.29, 1.82) is 0 Å². The number of carbonyl (C=O) groups is 3. The van der Waals surface area contributed by atoms with E-state index in [0.717, 1.165) is 11.1 Å². The summed E-state index contributed by atoms with van der Waals surface area (Å²) in [4.78, 5) is 38.2. The number of methoxy groups -OCH3 is 2. The van der Waals surface area contributed by atoms with Gasteiger partial charge in [0.2, 0.25) is 11.8 Å². The second kappa shape index (κ2) is 10.3. The standard InChI is InChI=1S/C22H27N3O5/c1-14-7-6-8-19(15(14)2)24-20(26)13-25(3)21(27)12-23-22(28)16-9-17(29-4)11-18(10-16)30-5/h6-11H,12-13H2,1-5H3,(H,23,28)(H,24,26). The van der Waals surface area contributed by atoms with Crippen molar-refractivity contribution in [3.8, 4) is 11.5 Å². The van der Waals surface area contributed by atoms with Gasteiger partial charge in [0.1, 0.15) is 11.5 Å². The Morgan fingerprint density at radius 3 is 2.23 bits per heavy atom. The number of hydrogen-bond acceptors (Lipinski definition) is 5. The fourth-order valence-electron chi connectivity index (χ4n) is 2.71. The summed E-state index contributed by atoms with van der Waals surface area (Å²) in [6.45, 7) is 3.50. The molecule has 3 amide bonds. The lowest BCUT2D eigenvalue weighted by atomic mass is 10.1. The van der Waals surface area contributed by atoms with Crippen molar-refractivity contribution in [3.63, 3.8) is 0 Å². The minimum Gasteiger partial charge on any atom is -0.497 e. The first kappa shape index (κ1) is 22.7. The molecule has 2 rings (SSSR count). The summed E-state index contributed by atoms with van der Waals surface area (Å²) in [6.07, 6.45) is 0. The zero-order chi connectivity index (χ0) is 22.3. The smallest absolute Gasteiger partial charge is 0.251 e. The van der Waals surface area contributed by atoms with Crippen LogP contribution in [0.2, 0.25) is 0 Å². The van der Waals surface area contributed by atoms with Crippen molar-refractivity contribution in [2.75, 3.05) is 39.7 Å². The molecular weight excluding hydrogens is 386 g/mol. The van der Waals surface area contributed by atoms with E-state index in [0.29, 0.717) is 22.7 Å². The Kier molecular flexibility index (Phi) is 7.80. The van der Waals surface area contributed by atoms with Crippen LogP contribution in [0, 0.1) is 13.8 Å². The van der Waals surface area contributed by atoms with E-state index in [-0.39, 0.29) is 19.0 Å². The van der Waals surface area contributed by atoms with Crippen molar-refractivity contribution in [1.82, 2.24) is 10.2 Å². The summed E-state index contributed by atoms with van der Waals surface area (Å²) in [7, 11) is 4.47. The molecule has 0 unspecified atom stereocenters. The minimum absolute atomic E-state index is 0.130. The fraction of sp³-hybridized carbons (Fsp3) is 0.318. The molecule has 0 aliphatic rings. The first-order chi connectivity index (χ1) is 14.2. The lowest BCUT2D eigenvalue weighted by Crippen LogP contribution is -2.41. The molecule has 8 heteroatoms. The van der Waals surface area contributed by atoms with E-state index in [4.69, 9.17) is 9.47 Å². The molecule has 8 nitrogen and oxygen atoms in total. The van der Waals surface area contributed by atoms with Crippen LogP contribution in [0.5, 0.6) is 11.5 Å². The number of hydrogen-bond donors (Lipinski definition) is 2. The third kappa shape index (κ3) is 5.97. The molecule has 0 aliphatic heterocycles. The zero-order valence-electron chi connectivity index (χ0n) is 17.9. The Balaban J connectivity index is 1.90. The van der Waals surface area contributed by atoms with E-state index >= 15 is 0 Å². The lowest BCUT2D eigenvalue weighted by Gasteiger charge is -2.18. The van der Waals surface area contributed by atoms with Crippen molar-refractivity contribution in [3.05, 3.63) is 53.1 Å². The number of nitrogens with one attached hydrogen (secondary N) is 2. The number of amides is 3. The second-order valence-electron chi connectivity index (χ2n) is 6.83. The summed E-state index contributed by atoms with van der Waals surface area (Å²) in [5, 5.41) is 5.35. The van der Waals surface area contributed by atoms with Crippen LogP contribution in [0.4, 0.5) is 5.69 Å². The van der Waals surface area contributed by atoms with Crippen molar-refractivity contribution in [2.45, 2.75) is 13.8 Å². The molecule has 0 aromatic heterocycles. The maximum atomic E-state index is 12.4. The average Bonchev–Trinajstić information content (AvgIpc) is 2.74. The van der Waals surface area contributed by atoms with Crippen LogP contribution in [-0.2, 0) is 9.59 Å². The van der Waals surface area contributed by atoms with Gasteiger partial charge in [-0.05, 0) is 43.2 Å². The largest absolute Gasteiger partial charge is 0.497 e. The highest BCUT2D eigenvalue weighted by Gasteiger charge is 2.16. The van der Waals surface area contributed by atoms with Gasteiger partial charge in [0.15, 0.2) is 0 Å². The second-order valence-corrected chi connectivity index (χ2v) is 6.83. The number of anilines is 1. The highest BCUT2D eigenvalue weighted by molar-refractivity contribution is 5.98. The predicted molar refractivity (Wildman–Crippen MR) is 114 cm³/mol. The number of rotatable bonds is 8. The van der Waals surface area contributed by atoms with Gasteiger partial charge in [-0.15, -0.1) is 0 Å². The van der Waals surface area contributed by atoms with E-state index in [1.807, 2.05) is 32.0 Å². The maximum absolute atomic E-state index is 12.4. The Morgan fingerprint density at radius 2 is 1.63 bits per heavy atom. The first-order valence-corrected chi connectivity index (χ1v) is 9.36. The van der Waals surface area contributed by atoms with E-state index < -0.39 is 11.8 Å². The lowest BCUT2D eigenvalue weighted by molar-refractivity contribution is -0.132. The Hall–Kier alpha value is -3.55. The number of benzene rings is 2. The molecule has 0 aliphatic carbocycles. The molecule has 0 heterocycles. The fourth-order valence-corrected chi connectivity index (χ4v) is 2.71. The number of aryl methyl sites for hydroxylation is 1. The number of ether oxygens (including phenoxy) is 2. The molecule has 2 aromatic rings. The maximum Gasteiger partial charge on any atom is 0.251 e. The van der Waals surface area contributed by atoms with Crippen molar-refractivity contribution in [2.24, 2.45) is 0 Å². The monoisotopic (exact) mass is 413 g/mol. The molecular formula is C22H27N3O5. The van der Waals surface area contributed by atoms with Gasteiger partial charge in [0, 0.05) is 24.4 Å². The third-order valence-corrected chi connectivity index (χ3v) is 4.70. The Labute approximate surface area is 176 Å². The highest BCUT2D eigenvalue weighted by atomic mass is 16.5. The molecule has 30 heavy (non-hydrogen) atoms. The van der Waals surface area contributed by atoms with Crippen LogP contribution in [0.25, 0.3) is 0 Å². The average molecular weight is 413 g/mol. The van der Waals surface area contributed by atoms with Crippen molar-refractivity contribution < 1.29 is 23.9 Å². The number of nitrogens with zero attached hydrogens (tertiary/aromatic N) is 1. The van der Waals surface area contributed by atoms with E-state index in [2.05, 4.69) is 10.6 Å². The van der Waals surface area contributed by atoms with Gasteiger partial charge in [-0.3, -0.25) is 14.4 Å². The minimum atomic E-state index is -0.450. The normalized spacial score (nSPS) is 10.2. The van der Waals surface area contributed by atoms with Crippen LogP contribution in [-0.4, -0.2) is 57.0 Å². The van der Waals surface area contributed by atoms with Crippen LogP contribution in [0.1, 0.15) is 21.5 Å². The molecule has 0 saturated carbocycles. The molecule has 2 aromatic carbocycles. The molecule has 0 saturated heterocycles. The Morgan fingerprint density at radius 1 is 1.00 bits per heavy atom. The molecule has 0 radical (unpaired) electrons. The molecule has 0 spiro atoms. The van der Waals surface area contributed by atoms with E-state index in [1.54, 1.807) is 18.2 Å². The summed E-state index contributed by atoms with van der Waals surface area (Å²) >= 11 is 0. The van der Waals surface area contributed by atoms with Crippen LogP contribution < -0.4 is 20.1 Å². The van der Waals surface area contributed by atoms with Gasteiger partial charge >= 0.3 is 0 Å². The first-order valence-electron chi connectivity index (χ1n) is 9.36. The van der Waals surface area contributed by atoms with Crippen molar-refractivity contribution >= 4 is 23.4 Å². The summed E-state index contributed by atoms with van der Waals surface area (Å²) < 4.78 is 10.3. The zero-order valence-corrected chi connectivity index (χ0v) is 17.9. The van der Waals surface area contributed by atoms with Gasteiger partial charge in [-0.25, -0.2) is 0 Å². The molecule has 0 atom stereocenters. The quantitative estimate of drug-likeness (QED) is 0.691. The van der Waals surface area contributed by atoms with Gasteiger partial charge in [-0.2, -0.15) is 0 Å². The molecule has 160 valence electrons. The molecule has 0 fully saturated rings. The van der Waals surface area contributed by atoms with Crippen LogP contribution in [0.3, 0.4) is 0 Å². The van der Waals surface area contributed by atoms with Gasteiger partial charge in [-0.1, -0.05) is 12.1 Å². The summed E-state index contributed by atoms with van der Waals surface area (Å²) in [5.74, 6) is -0.233. The van der Waals surface area contributed by atoms with E-state index in [9.17, 15) is 14.4 Å². The number of carbonyl (C=O) groups excluding carboxylic acids is 3. The van der Waals surface area contributed by atoms with Crippen LogP contribution >= 0.6 is 0 Å². The SMILES string of the molecule is COc1cc(OC)cc(C(=O)NCC(=O)N(C)CC(=O)Nc2cccc(C)c2C)c1. The van der Waals surface area contributed by atoms with Gasteiger partial charge in [0.05, 0.1) is 27.3 Å². The summed E-state index contributed by atoms with van der Waals surface area (Å²) in [6, 6.07) is 10.4. The van der Waals surface area contributed by atoms with Gasteiger partial charge in [0.25, 0.3) is 5.91 Å². The topological polar surface area (TPSA) is 97.0 Å². The number of likely N-dealkylation sites (N-methyl/N-ethyl adjacent to an activating group) is 1. The highest BCUT2D eigenvalue weighted by Crippen LogP contribution is 2.22. The predicted octanol–water partition coefficient (Wildman–Crippen LogP) is 2.15.